The highest BCUT2D eigenvalue weighted by Gasteiger charge is 2.03. The molecule has 1 aromatic carbocycles. The maximum Gasteiger partial charge on any atom is 0.170 e. The number of nitriles is 1. The van der Waals surface area contributed by atoms with Crippen LogP contribution in [0.2, 0.25) is 0 Å². The number of anilines is 1. The maximum absolute atomic E-state index is 13.1. The van der Waals surface area contributed by atoms with Crippen LogP contribution < -0.4 is 10.6 Å². The molecule has 6 heteroatoms. The molecule has 0 saturated heterocycles. The van der Waals surface area contributed by atoms with E-state index in [1.54, 1.807) is 13.2 Å². The van der Waals surface area contributed by atoms with Crippen LogP contribution in [0.25, 0.3) is 0 Å². The minimum Gasteiger partial charge on any atom is -0.385 e. The van der Waals surface area contributed by atoms with Gasteiger partial charge < -0.3 is 15.4 Å². The number of hydrogen-bond donors (Lipinski definition) is 2. The second kappa shape index (κ2) is 7.58. The lowest BCUT2D eigenvalue weighted by Crippen LogP contribution is -2.29. The lowest BCUT2D eigenvalue weighted by molar-refractivity contribution is 0.196. The number of ether oxygens (including phenoxy) is 1. The van der Waals surface area contributed by atoms with Crippen molar-refractivity contribution < 1.29 is 9.13 Å². The van der Waals surface area contributed by atoms with Gasteiger partial charge in [0.25, 0.3) is 0 Å². The topological polar surface area (TPSA) is 57.1 Å². The molecule has 0 aliphatic rings. The molecule has 1 rings (SSSR count). The zero-order valence-electron chi connectivity index (χ0n) is 10.00. The Hall–Kier alpha value is -1.71. The SMILES string of the molecule is COCCCNC(=S)Nc1ccc(F)c(C#N)c1. The van der Waals surface area contributed by atoms with Crippen LogP contribution in [-0.2, 0) is 4.74 Å². The Morgan fingerprint density at radius 3 is 3.00 bits per heavy atom. The molecule has 0 aliphatic heterocycles. The summed E-state index contributed by atoms with van der Waals surface area (Å²) in [7, 11) is 1.64. The van der Waals surface area contributed by atoms with Gasteiger partial charge in [0.2, 0.25) is 0 Å². The molecule has 18 heavy (non-hydrogen) atoms. The van der Waals surface area contributed by atoms with Gasteiger partial charge in [0.15, 0.2) is 5.11 Å². The number of nitrogens with zero attached hydrogens (tertiary/aromatic N) is 1. The Morgan fingerprint density at radius 2 is 2.33 bits per heavy atom. The first-order valence-electron chi connectivity index (χ1n) is 5.41. The largest absolute Gasteiger partial charge is 0.385 e. The molecular weight excluding hydrogens is 253 g/mol. The fourth-order valence-corrected chi connectivity index (χ4v) is 1.50. The maximum atomic E-state index is 13.1. The van der Waals surface area contributed by atoms with E-state index in [-0.39, 0.29) is 5.56 Å². The van der Waals surface area contributed by atoms with E-state index in [1.807, 2.05) is 0 Å². The summed E-state index contributed by atoms with van der Waals surface area (Å²) in [5.74, 6) is -0.540. The first-order valence-corrected chi connectivity index (χ1v) is 5.81. The molecule has 0 amide bonds. The van der Waals surface area contributed by atoms with Crippen molar-refractivity contribution in [3.63, 3.8) is 0 Å². The summed E-state index contributed by atoms with van der Waals surface area (Å²) < 4.78 is 18.0. The van der Waals surface area contributed by atoms with Crippen LogP contribution in [0.3, 0.4) is 0 Å². The van der Waals surface area contributed by atoms with Gasteiger partial charge in [0, 0.05) is 25.9 Å². The summed E-state index contributed by atoms with van der Waals surface area (Å²) in [5, 5.41) is 15.0. The number of halogens is 1. The van der Waals surface area contributed by atoms with Crippen molar-refractivity contribution in [1.29, 1.82) is 5.26 Å². The lowest BCUT2D eigenvalue weighted by Gasteiger charge is -2.10. The van der Waals surface area contributed by atoms with E-state index < -0.39 is 5.82 Å². The third-order valence-corrected chi connectivity index (χ3v) is 2.40. The zero-order valence-corrected chi connectivity index (χ0v) is 10.8. The number of nitrogens with one attached hydrogen (secondary N) is 2. The average molecular weight is 267 g/mol. The van der Waals surface area contributed by atoms with Crippen LogP contribution in [0.15, 0.2) is 18.2 Å². The van der Waals surface area contributed by atoms with Crippen molar-refractivity contribution >= 4 is 23.0 Å². The molecule has 4 nitrogen and oxygen atoms in total. The van der Waals surface area contributed by atoms with E-state index >= 15 is 0 Å². The van der Waals surface area contributed by atoms with E-state index in [9.17, 15) is 4.39 Å². The first kappa shape index (κ1) is 14.4. The van der Waals surface area contributed by atoms with E-state index in [0.29, 0.717) is 24.0 Å². The summed E-state index contributed by atoms with van der Waals surface area (Å²) in [6.07, 6.45) is 0.838. The molecule has 0 aromatic heterocycles. The second-order valence-corrected chi connectivity index (χ2v) is 3.94. The first-order chi connectivity index (χ1) is 8.67. The van der Waals surface area contributed by atoms with E-state index in [4.69, 9.17) is 22.2 Å². The average Bonchev–Trinajstić information content (AvgIpc) is 2.37. The summed E-state index contributed by atoms with van der Waals surface area (Å²) >= 11 is 5.06. The Bertz CT molecular complexity index is 459. The van der Waals surface area contributed by atoms with Crippen LogP contribution in [0.5, 0.6) is 0 Å². The van der Waals surface area contributed by atoms with Gasteiger partial charge in [-0.25, -0.2) is 4.39 Å². The summed E-state index contributed by atoms with van der Waals surface area (Å²) in [6, 6.07) is 5.95. The monoisotopic (exact) mass is 267 g/mol. The number of rotatable bonds is 5. The Balaban J connectivity index is 2.47. The third kappa shape index (κ3) is 4.65. The number of thiocarbonyl (C=S) groups is 1. The quantitative estimate of drug-likeness (QED) is 0.631. The van der Waals surface area contributed by atoms with Crippen molar-refractivity contribution in [3.8, 4) is 6.07 Å². The van der Waals surface area contributed by atoms with Gasteiger partial charge in [-0.15, -0.1) is 0 Å². The fraction of sp³-hybridized carbons (Fsp3) is 0.333. The minimum atomic E-state index is -0.540. The fourth-order valence-electron chi connectivity index (χ4n) is 1.28. The van der Waals surface area contributed by atoms with Gasteiger partial charge in [-0.3, -0.25) is 0 Å². The molecule has 0 heterocycles. The molecule has 0 radical (unpaired) electrons. The highest BCUT2D eigenvalue weighted by Crippen LogP contribution is 2.13. The van der Waals surface area contributed by atoms with Gasteiger partial charge >= 0.3 is 0 Å². The molecule has 0 saturated carbocycles. The second-order valence-electron chi connectivity index (χ2n) is 3.53. The normalized spacial score (nSPS) is 9.61. The van der Waals surface area contributed by atoms with Crippen molar-refractivity contribution in [2.75, 3.05) is 25.6 Å². The van der Waals surface area contributed by atoms with Crippen LogP contribution in [0.1, 0.15) is 12.0 Å². The van der Waals surface area contributed by atoms with Gasteiger partial charge in [0.1, 0.15) is 11.9 Å². The smallest absolute Gasteiger partial charge is 0.170 e. The molecule has 96 valence electrons. The standard InChI is InChI=1S/C12H14FN3OS/c1-17-6-2-5-15-12(18)16-10-3-4-11(13)9(7-10)8-14/h3-4,7H,2,5-6H2,1H3,(H2,15,16,18). The number of benzene rings is 1. The Kier molecular flexibility index (Phi) is 6.05. The molecule has 2 N–H and O–H groups in total. The van der Waals surface area contributed by atoms with Crippen molar-refractivity contribution in [1.82, 2.24) is 5.32 Å². The molecule has 1 aromatic rings. The van der Waals surface area contributed by atoms with Crippen molar-refractivity contribution in [2.45, 2.75) is 6.42 Å². The van der Waals surface area contributed by atoms with Gasteiger partial charge in [-0.2, -0.15) is 5.26 Å². The molecule has 0 spiro atoms. The van der Waals surface area contributed by atoms with Gasteiger partial charge in [0.05, 0.1) is 5.56 Å². The van der Waals surface area contributed by atoms with E-state index in [2.05, 4.69) is 10.6 Å². The molecule has 0 unspecified atom stereocenters. The van der Waals surface area contributed by atoms with Crippen LogP contribution in [0.4, 0.5) is 10.1 Å². The highest BCUT2D eigenvalue weighted by molar-refractivity contribution is 7.80. The highest BCUT2D eigenvalue weighted by atomic mass is 32.1. The minimum absolute atomic E-state index is 0.0119. The lowest BCUT2D eigenvalue weighted by atomic mass is 10.2. The Morgan fingerprint density at radius 1 is 1.56 bits per heavy atom. The number of hydrogen-bond acceptors (Lipinski definition) is 3. The predicted molar refractivity (Wildman–Crippen MR) is 71.8 cm³/mol. The van der Waals surface area contributed by atoms with E-state index in [0.717, 1.165) is 6.42 Å². The Labute approximate surface area is 111 Å². The predicted octanol–water partition coefficient (Wildman–Crippen LogP) is 2.02. The van der Waals surface area contributed by atoms with Crippen molar-refractivity contribution in [2.24, 2.45) is 0 Å². The number of methoxy groups -OCH3 is 1. The van der Waals surface area contributed by atoms with Crippen LogP contribution in [0, 0.1) is 17.1 Å². The van der Waals surface area contributed by atoms with Crippen molar-refractivity contribution in [3.05, 3.63) is 29.6 Å². The zero-order chi connectivity index (χ0) is 13.4. The molecular formula is C12H14FN3OS. The molecule has 0 atom stereocenters. The summed E-state index contributed by atoms with van der Waals surface area (Å²) in [6.45, 7) is 1.34. The van der Waals surface area contributed by atoms with Gasteiger partial charge in [-0.1, -0.05) is 0 Å². The summed E-state index contributed by atoms with van der Waals surface area (Å²) in [5.41, 5.74) is 0.569. The van der Waals surface area contributed by atoms with Gasteiger partial charge in [-0.05, 0) is 36.8 Å². The van der Waals surface area contributed by atoms with Crippen LogP contribution in [-0.4, -0.2) is 25.4 Å². The molecule has 0 fully saturated rings. The molecule has 0 bridgehead atoms. The third-order valence-electron chi connectivity index (χ3n) is 2.16. The van der Waals surface area contributed by atoms with Crippen LogP contribution >= 0.6 is 12.2 Å². The molecule has 0 aliphatic carbocycles. The summed E-state index contributed by atoms with van der Waals surface area (Å²) in [4.78, 5) is 0. The van der Waals surface area contributed by atoms with E-state index in [1.165, 1.54) is 18.2 Å².